The quantitative estimate of drug-likeness (QED) is 0.406. The number of carbonyl (C=O) groups excluding carboxylic acids is 2. The van der Waals surface area contributed by atoms with E-state index in [0.717, 1.165) is 11.1 Å². The molecule has 222 valence electrons. The number of hydrogen-bond donors (Lipinski definition) is 2. The largest absolute Gasteiger partial charge is 0.496 e. The van der Waals surface area contributed by atoms with E-state index in [1.165, 1.54) is 18.2 Å². The highest BCUT2D eigenvalue weighted by atomic mass is 32.2. The molecule has 5 rings (SSSR count). The Labute approximate surface area is 246 Å². The third-order valence-corrected chi connectivity index (χ3v) is 9.07. The molecule has 2 amide bonds. The van der Waals surface area contributed by atoms with Gasteiger partial charge in [-0.15, -0.1) is 0 Å². The molecule has 2 aliphatic heterocycles. The molecule has 0 aromatic heterocycles. The number of fused-ring (bicyclic) bond motifs is 2. The van der Waals surface area contributed by atoms with Crippen LogP contribution >= 0.6 is 0 Å². The molecule has 0 saturated carbocycles. The summed E-state index contributed by atoms with van der Waals surface area (Å²) < 4.78 is 46.0. The molecule has 42 heavy (non-hydrogen) atoms. The van der Waals surface area contributed by atoms with Crippen molar-refractivity contribution in [1.82, 2.24) is 10.2 Å². The first-order valence-electron chi connectivity index (χ1n) is 13.8. The Morgan fingerprint density at radius 3 is 2.60 bits per heavy atom. The number of methoxy groups -OCH3 is 1. The Morgan fingerprint density at radius 1 is 1.07 bits per heavy atom. The zero-order chi connectivity index (χ0) is 29.9. The summed E-state index contributed by atoms with van der Waals surface area (Å²) in [6, 6.07) is 18.4. The number of hydrogen-bond acceptors (Lipinski definition) is 7. The second-order valence-corrected chi connectivity index (χ2v) is 12.3. The van der Waals surface area contributed by atoms with Crippen LogP contribution in [-0.2, 0) is 26.1 Å². The van der Waals surface area contributed by atoms with Crippen LogP contribution in [0.1, 0.15) is 40.7 Å². The number of aryl methyl sites for hydroxylation is 1. The lowest BCUT2D eigenvalue weighted by molar-refractivity contribution is -0.134. The van der Waals surface area contributed by atoms with Crippen LogP contribution in [0.3, 0.4) is 0 Å². The number of nitrogens with zero attached hydrogens (tertiary/aromatic N) is 1. The maximum atomic E-state index is 13.5. The van der Waals surface area contributed by atoms with E-state index in [0.29, 0.717) is 30.9 Å². The van der Waals surface area contributed by atoms with Crippen molar-refractivity contribution in [3.8, 4) is 11.5 Å². The highest BCUT2D eigenvalue weighted by Gasteiger charge is 2.39. The molecule has 0 bridgehead atoms. The van der Waals surface area contributed by atoms with Gasteiger partial charge >= 0.3 is 0 Å². The van der Waals surface area contributed by atoms with E-state index in [1.807, 2.05) is 31.2 Å². The molecule has 0 aliphatic carbocycles. The van der Waals surface area contributed by atoms with Crippen LogP contribution in [0.4, 0.5) is 5.69 Å². The maximum absolute atomic E-state index is 13.5. The molecule has 2 aliphatic rings. The minimum Gasteiger partial charge on any atom is -0.496 e. The van der Waals surface area contributed by atoms with Crippen molar-refractivity contribution in [2.75, 3.05) is 25.5 Å². The van der Waals surface area contributed by atoms with Gasteiger partial charge in [0.25, 0.3) is 15.9 Å². The van der Waals surface area contributed by atoms with Crippen LogP contribution in [0.2, 0.25) is 0 Å². The fourth-order valence-corrected chi connectivity index (χ4v) is 6.39. The van der Waals surface area contributed by atoms with Gasteiger partial charge in [0.15, 0.2) is 0 Å². The Balaban J connectivity index is 1.23. The van der Waals surface area contributed by atoms with E-state index in [-0.39, 0.29) is 53.1 Å². The van der Waals surface area contributed by atoms with Crippen molar-refractivity contribution in [2.24, 2.45) is 0 Å². The van der Waals surface area contributed by atoms with E-state index in [2.05, 4.69) is 10.0 Å². The predicted octanol–water partition coefficient (Wildman–Crippen LogP) is 3.89. The Morgan fingerprint density at radius 2 is 1.83 bits per heavy atom. The van der Waals surface area contributed by atoms with Crippen molar-refractivity contribution in [3.05, 3.63) is 83.4 Å². The summed E-state index contributed by atoms with van der Waals surface area (Å²) in [5, 5.41) is 2.93. The summed E-state index contributed by atoms with van der Waals surface area (Å²) >= 11 is 0. The van der Waals surface area contributed by atoms with Gasteiger partial charge in [-0.2, -0.15) is 0 Å². The number of amides is 2. The number of nitrogens with one attached hydrogen (secondary N) is 2. The molecule has 1 saturated heterocycles. The fourth-order valence-electron chi connectivity index (χ4n) is 5.34. The van der Waals surface area contributed by atoms with Gasteiger partial charge in [-0.05, 0) is 56.2 Å². The van der Waals surface area contributed by atoms with Gasteiger partial charge < -0.3 is 24.4 Å². The molecule has 2 heterocycles. The lowest BCUT2D eigenvalue weighted by Crippen LogP contribution is -2.53. The third-order valence-electron chi connectivity index (χ3n) is 7.68. The molecule has 10 nitrogen and oxygen atoms in total. The van der Waals surface area contributed by atoms with Gasteiger partial charge in [0, 0.05) is 24.8 Å². The Hall–Kier alpha value is -4.09. The first-order valence-corrected chi connectivity index (χ1v) is 15.3. The molecule has 3 aromatic rings. The number of para-hydroxylation sites is 1. The highest BCUT2D eigenvalue weighted by molar-refractivity contribution is 7.92. The second kappa shape index (κ2) is 12.4. The van der Waals surface area contributed by atoms with Crippen LogP contribution < -0.4 is 19.5 Å². The summed E-state index contributed by atoms with van der Waals surface area (Å²) in [6.45, 7) is 2.41. The van der Waals surface area contributed by atoms with Crippen molar-refractivity contribution in [1.29, 1.82) is 0 Å². The highest BCUT2D eigenvalue weighted by Crippen LogP contribution is 2.33. The van der Waals surface area contributed by atoms with E-state index in [1.54, 1.807) is 43.3 Å². The molecule has 0 spiro atoms. The molecule has 1 fully saturated rings. The maximum Gasteiger partial charge on any atom is 0.261 e. The van der Waals surface area contributed by atoms with Crippen LogP contribution in [0.15, 0.2) is 71.6 Å². The monoisotopic (exact) mass is 593 g/mol. The third kappa shape index (κ3) is 6.52. The summed E-state index contributed by atoms with van der Waals surface area (Å²) in [7, 11) is -0.533. The average molecular weight is 594 g/mol. The lowest BCUT2D eigenvalue weighted by Gasteiger charge is -2.42. The minimum absolute atomic E-state index is 0.129. The summed E-state index contributed by atoms with van der Waals surface area (Å²) in [5.74, 6) is 0.619. The van der Waals surface area contributed by atoms with E-state index in [9.17, 15) is 18.0 Å². The van der Waals surface area contributed by atoms with Crippen molar-refractivity contribution in [3.63, 3.8) is 0 Å². The van der Waals surface area contributed by atoms with Crippen LogP contribution in [-0.4, -0.2) is 64.1 Å². The number of ether oxygens (including phenoxy) is 3. The Kier molecular flexibility index (Phi) is 8.69. The predicted molar refractivity (Wildman–Crippen MR) is 157 cm³/mol. The number of sulfonamides is 1. The number of benzene rings is 3. The second-order valence-electron chi connectivity index (χ2n) is 10.6. The van der Waals surface area contributed by atoms with E-state index < -0.39 is 16.1 Å². The minimum atomic E-state index is -3.84. The fraction of sp³-hybridized carbons (Fsp3) is 0.355. The zero-order valence-electron chi connectivity index (χ0n) is 23.8. The van der Waals surface area contributed by atoms with E-state index >= 15 is 0 Å². The SMILES string of the molecule is COc1ccccc1CNC(=O)C[C@H]1CC[C@H]2[C@H](COc3ccc(NS(=O)(=O)c4ccc(C)cc4)cc3C(=O)N2C)O1. The number of rotatable bonds is 8. The summed E-state index contributed by atoms with van der Waals surface area (Å²) in [6.07, 6.45) is 0.692. The topological polar surface area (TPSA) is 123 Å². The van der Waals surface area contributed by atoms with Gasteiger partial charge in [0.05, 0.1) is 36.1 Å². The summed E-state index contributed by atoms with van der Waals surface area (Å²) in [4.78, 5) is 28.0. The first kappa shape index (κ1) is 29.4. The van der Waals surface area contributed by atoms with Gasteiger partial charge in [-0.3, -0.25) is 14.3 Å². The molecule has 11 heteroatoms. The molecule has 3 aromatic carbocycles. The Bertz CT molecular complexity index is 1560. The van der Waals surface area contributed by atoms with Crippen molar-refractivity contribution < 1.29 is 32.2 Å². The van der Waals surface area contributed by atoms with Gasteiger partial charge in [0.1, 0.15) is 24.2 Å². The van der Waals surface area contributed by atoms with Gasteiger partial charge in [-0.25, -0.2) is 8.42 Å². The van der Waals surface area contributed by atoms with Crippen LogP contribution in [0, 0.1) is 6.92 Å². The van der Waals surface area contributed by atoms with Gasteiger partial charge in [0.2, 0.25) is 5.91 Å². The zero-order valence-corrected chi connectivity index (χ0v) is 24.6. The number of carbonyl (C=O) groups is 2. The van der Waals surface area contributed by atoms with E-state index in [4.69, 9.17) is 14.2 Å². The molecular formula is C31H35N3O7S. The summed E-state index contributed by atoms with van der Waals surface area (Å²) in [5.41, 5.74) is 2.36. The average Bonchev–Trinajstić information content (AvgIpc) is 2.98. The van der Waals surface area contributed by atoms with Crippen molar-refractivity contribution >= 4 is 27.5 Å². The molecular weight excluding hydrogens is 558 g/mol. The van der Waals surface area contributed by atoms with Crippen LogP contribution in [0.5, 0.6) is 11.5 Å². The molecule has 2 N–H and O–H groups in total. The van der Waals surface area contributed by atoms with Crippen LogP contribution in [0.25, 0.3) is 0 Å². The van der Waals surface area contributed by atoms with Gasteiger partial charge in [-0.1, -0.05) is 35.9 Å². The number of likely N-dealkylation sites (N-methyl/N-ethyl adjacent to an activating group) is 1. The molecule has 0 unspecified atom stereocenters. The number of anilines is 1. The first-order chi connectivity index (χ1) is 20.1. The lowest BCUT2D eigenvalue weighted by atomic mass is 9.94. The standard InChI is InChI=1S/C31H35N3O7S/c1-20-8-12-24(13-9-20)42(37,38)33-22-10-15-28-25(16-22)31(36)34(2)26-14-11-23(41-29(26)19-40-28)17-30(35)32-18-21-6-4-5-7-27(21)39-3/h4-10,12-13,15-16,23,26,29,33H,11,14,17-19H2,1-3H3,(H,32,35)/t23-,26+,29+/m1/s1. The smallest absolute Gasteiger partial charge is 0.261 e. The molecule has 0 radical (unpaired) electrons. The molecule has 3 atom stereocenters. The normalized spacial score (nSPS) is 20.3. The van der Waals surface area contributed by atoms with Crippen molar-refractivity contribution in [2.45, 2.75) is 55.9 Å².